The maximum Gasteiger partial charge on any atom is 0.299 e. The molecule has 1 aromatic carbocycles. The average Bonchev–Trinajstić information content (AvgIpc) is 2.37. The van der Waals surface area contributed by atoms with E-state index in [0.29, 0.717) is 6.61 Å². The molecule has 0 atom stereocenters. The van der Waals surface area contributed by atoms with E-state index in [-0.39, 0.29) is 10.9 Å². The number of nitrogens with one attached hydrogen (secondary N) is 1. The summed E-state index contributed by atoms with van der Waals surface area (Å²) < 4.78 is 32.7. The lowest BCUT2D eigenvalue weighted by Crippen LogP contribution is -2.35. The highest BCUT2D eigenvalue weighted by atomic mass is 32.2. The summed E-state index contributed by atoms with van der Waals surface area (Å²) in [4.78, 5) is 4.51. The summed E-state index contributed by atoms with van der Waals surface area (Å²) in [5, 5.41) is 0. The number of nitrogens with zero attached hydrogens (tertiary/aromatic N) is 1. The van der Waals surface area contributed by atoms with Crippen molar-refractivity contribution in [3.05, 3.63) is 29.8 Å². The minimum atomic E-state index is -3.69. The molecule has 0 aliphatic rings. The molecule has 1 N–H and O–H groups in total. The molecule has 0 saturated heterocycles. The third-order valence-corrected chi connectivity index (χ3v) is 4.06. The van der Waals surface area contributed by atoms with Crippen molar-refractivity contribution >= 4 is 16.0 Å². The van der Waals surface area contributed by atoms with E-state index in [1.165, 1.54) is 0 Å². The molecule has 0 aliphatic carbocycles. The van der Waals surface area contributed by atoms with E-state index in [0.717, 1.165) is 18.4 Å². The Hall–Kier alpha value is -1.56. The Morgan fingerprint density at radius 2 is 1.82 bits per heavy atom. The Balaban J connectivity index is 2.96. The first-order chi connectivity index (χ1) is 10.1. The largest absolute Gasteiger partial charge is 0.465 e. The topological polar surface area (TPSA) is 67.8 Å². The fourth-order valence-electron chi connectivity index (χ4n) is 1.59. The molecule has 0 radical (unpaired) electrons. The highest BCUT2D eigenvalue weighted by Gasteiger charge is 2.19. The Morgan fingerprint density at radius 3 is 2.32 bits per heavy atom. The van der Waals surface area contributed by atoms with Gasteiger partial charge in [-0.15, -0.1) is 0 Å². The lowest BCUT2D eigenvalue weighted by molar-refractivity contribution is 0.282. The quantitative estimate of drug-likeness (QED) is 0.513. The van der Waals surface area contributed by atoms with Crippen molar-refractivity contribution in [3.8, 4) is 0 Å². The molecule has 0 fully saturated rings. The molecule has 0 bridgehead atoms. The molecule has 0 unspecified atom stereocenters. The van der Waals surface area contributed by atoms with Crippen LogP contribution in [0.15, 0.2) is 34.2 Å². The van der Waals surface area contributed by atoms with Crippen molar-refractivity contribution in [2.75, 3.05) is 6.61 Å². The maximum atomic E-state index is 12.4. The van der Waals surface area contributed by atoms with E-state index in [9.17, 15) is 8.42 Å². The number of hydrogen-bond acceptors (Lipinski definition) is 4. The number of ether oxygens (including phenoxy) is 1. The molecule has 1 rings (SSSR count). The van der Waals surface area contributed by atoms with Crippen LogP contribution < -0.4 is 4.72 Å². The van der Waals surface area contributed by atoms with Gasteiger partial charge < -0.3 is 4.74 Å². The minimum absolute atomic E-state index is 0.0431. The molecule has 0 aliphatic heterocycles. The first kappa shape index (κ1) is 18.5. The fraction of sp³-hybridized carbons (Fsp3) is 0.562. The van der Waals surface area contributed by atoms with E-state index in [4.69, 9.17) is 4.74 Å². The summed E-state index contributed by atoms with van der Waals surface area (Å²) in [7, 11) is -3.69. The van der Waals surface area contributed by atoms with Crippen LogP contribution >= 0.6 is 0 Å². The van der Waals surface area contributed by atoms with E-state index in [2.05, 4.69) is 9.71 Å². The van der Waals surface area contributed by atoms with Gasteiger partial charge in [0.1, 0.15) is 0 Å². The van der Waals surface area contributed by atoms with Gasteiger partial charge in [0, 0.05) is 0 Å². The lowest BCUT2D eigenvalue weighted by atomic mass is 10.1. The van der Waals surface area contributed by atoms with Crippen LogP contribution in [0.3, 0.4) is 0 Å². The monoisotopic (exact) mass is 326 g/mol. The van der Waals surface area contributed by atoms with E-state index in [1.807, 2.05) is 34.6 Å². The number of amidine groups is 1. The minimum Gasteiger partial charge on any atom is -0.465 e. The number of aryl methyl sites for hydroxylation is 1. The number of benzene rings is 1. The van der Waals surface area contributed by atoms with Crippen molar-refractivity contribution in [1.29, 1.82) is 0 Å². The molecule has 6 heteroatoms. The molecule has 0 heterocycles. The van der Waals surface area contributed by atoms with Crippen molar-refractivity contribution in [2.24, 2.45) is 4.99 Å². The van der Waals surface area contributed by atoms with Crippen LogP contribution in [0.2, 0.25) is 0 Å². The van der Waals surface area contributed by atoms with Gasteiger partial charge in [0.05, 0.1) is 17.0 Å². The molecule has 1 aromatic rings. The molecule has 0 saturated carbocycles. The Bertz CT molecular complexity index is 599. The van der Waals surface area contributed by atoms with Gasteiger partial charge in [0.25, 0.3) is 16.0 Å². The summed E-state index contributed by atoms with van der Waals surface area (Å²) in [6.45, 7) is 10.0. The van der Waals surface area contributed by atoms with Gasteiger partial charge in [-0.1, -0.05) is 31.0 Å². The van der Waals surface area contributed by atoms with Crippen molar-refractivity contribution in [1.82, 2.24) is 4.72 Å². The summed E-state index contributed by atoms with van der Waals surface area (Å²) >= 11 is 0. The van der Waals surface area contributed by atoms with Gasteiger partial charge in [-0.05, 0) is 46.2 Å². The fourth-order valence-corrected chi connectivity index (χ4v) is 2.54. The second-order valence-electron chi connectivity index (χ2n) is 6.21. The van der Waals surface area contributed by atoms with Crippen LogP contribution in [-0.2, 0) is 14.8 Å². The lowest BCUT2D eigenvalue weighted by Gasteiger charge is -2.17. The standard InChI is InChI=1S/C16H26N2O3S/c1-6-7-12-21-15(17-16(3,4)5)18-22(19,20)14-10-8-13(2)9-11-14/h8-11H,6-7,12H2,1-5H3,(H,17,18). The molecule has 0 aromatic heterocycles. The normalized spacial score (nSPS) is 13.0. The van der Waals surface area contributed by atoms with Gasteiger partial charge in [0.15, 0.2) is 0 Å². The molecule has 0 spiro atoms. The summed E-state index contributed by atoms with van der Waals surface area (Å²) in [5.74, 6) is 0. The zero-order valence-corrected chi connectivity index (χ0v) is 14.8. The summed E-state index contributed by atoms with van der Waals surface area (Å²) in [5.41, 5.74) is 0.568. The third-order valence-electron chi connectivity index (χ3n) is 2.73. The van der Waals surface area contributed by atoms with Crippen LogP contribution in [0, 0.1) is 6.92 Å². The first-order valence-electron chi connectivity index (χ1n) is 7.46. The third kappa shape index (κ3) is 6.47. The van der Waals surface area contributed by atoms with Crippen LogP contribution in [0.25, 0.3) is 0 Å². The maximum absolute atomic E-state index is 12.4. The number of hydrogen-bond donors (Lipinski definition) is 1. The smallest absolute Gasteiger partial charge is 0.299 e. The highest BCUT2D eigenvalue weighted by molar-refractivity contribution is 7.90. The van der Waals surface area contributed by atoms with Gasteiger partial charge in [-0.2, -0.15) is 0 Å². The number of aliphatic imine (C=N–C) groups is 1. The van der Waals surface area contributed by atoms with Crippen molar-refractivity contribution in [2.45, 2.75) is 57.9 Å². The van der Waals surface area contributed by atoms with Crippen LogP contribution in [-0.4, -0.2) is 26.6 Å². The number of unbranched alkanes of at least 4 members (excludes halogenated alkanes) is 1. The van der Waals surface area contributed by atoms with E-state index in [1.54, 1.807) is 24.3 Å². The van der Waals surface area contributed by atoms with Crippen molar-refractivity contribution < 1.29 is 13.2 Å². The van der Waals surface area contributed by atoms with E-state index >= 15 is 0 Å². The van der Waals surface area contributed by atoms with Gasteiger partial charge in [-0.25, -0.2) is 18.1 Å². The number of sulfonamides is 1. The Kier molecular flexibility index (Phi) is 6.41. The predicted molar refractivity (Wildman–Crippen MR) is 89.5 cm³/mol. The predicted octanol–water partition coefficient (Wildman–Crippen LogP) is 3.24. The second kappa shape index (κ2) is 7.63. The van der Waals surface area contributed by atoms with E-state index < -0.39 is 15.6 Å². The summed E-state index contributed by atoms with van der Waals surface area (Å²) in [6, 6.07) is 6.69. The van der Waals surface area contributed by atoms with Crippen LogP contribution in [0.1, 0.15) is 46.1 Å². The van der Waals surface area contributed by atoms with Crippen LogP contribution in [0.5, 0.6) is 0 Å². The van der Waals surface area contributed by atoms with Gasteiger partial charge >= 0.3 is 0 Å². The van der Waals surface area contributed by atoms with Crippen molar-refractivity contribution in [3.63, 3.8) is 0 Å². The van der Waals surface area contributed by atoms with Gasteiger partial charge in [0.2, 0.25) is 0 Å². The molecular weight excluding hydrogens is 300 g/mol. The first-order valence-corrected chi connectivity index (χ1v) is 8.94. The average molecular weight is 326 g/mol. The molecule has 124 valence electrons. The van der Waals surface area contributed by atoms with Gasteiger partial charge in [-0.3, -0.25) is 0 Å². The van der Waals surface area contributed by atoms with Crippen LogP contribution in [0.4, 0.5) is 0 Å². The Morgan fingerprint density at radius 1 is 1.23 bits per heavy atom. The molecule has 5 nitrogen and oxygen atoms in total. The molecular formula is C16H26N2O3S. The SMILES string of the molecule is CCCCOC(=NC(C)(C)C)NS(=O)(=O)c1ccc(C)cc1. The zero-order valence-electron chi connectivity index (χ0n) is 14.0. The molecule has 22 heavy (non-hydrogen) atoms. The zero-order chi connectivity index (χ0) is 16.8. The number of rotatable bonds is 5. The second-order valence-corrected chi connectivity index (χ2v) is 7.89. The summed E-state index contributed by atoms with van der Waals surface area (Å²) in [6.07, 6.45) is 1.81. The Labute approximate surface area is 133 Å². The molecule has 0 amide bonds. The highest BCUT2D eigenvalue weighted by Crippen LogP contribution is 2.12.